The number of nitrogens with zero attached hydrogens (tertiary/aromatic N) is 4. The van der Waals surface area contributed by atoms with Crippen LogP contribution in [0.3, 0.4) is 0 Å². The van der Waals surface area contributed by atoms with Gasteiger partial charge in [-0.15, -0.1) is 5.10 Å². The first-order valence-corrected chi connectivity index (χ1v) is 6.96. The lowest BCUT2D eigenvalue weighted by molar-refractivity contribution is -0.144. The molecule has 1 saturated carbocycles. The SMILES string of the molecule is CCCC1CC1Nc1cc(C)nc2nc(C(F)(F)F)nn12. The van der Waals surface area contributed by atoms with Gasteiger partial charge in [-0.3, -0.25) is 0 Å². The number of aryl methyl sites for hydroxylation is 1. The molecule has 3 rings (SSSR count). The Morgan fingerprint density at radius 3 is 2.81 bits per heavy atom. The van der Waals surface area contributed by atoms with E-state index in [4.69, 9.17) is 0 Å². The van der Waals surface area contributed by atoms with Crippen LogP contribution in [0, 0.1) is 12.8 Å². The summed E-state index contributed by atoms with van der Waals surface area (Å²) < 4.78 is 39.3. The Balaban J connectivity index is 1.92. The maximum absolute atomic E-state index is 12.7. The molecule has 1 aliphatic rings. The third-order valence-electron chi connectivity index (χ3n) is 3.61. The van der Waals surface area contributed by atoms with Crippen molar-refractivity contribution in [2.75, 3.05) is 5.32 Å². The highest BCUT2D eigenvalue weighted by Crippen LogP contribution is 2.37. The highest BCUT2D eigenvalue weighted by Gasteiger charge is 2.38. The predicted molar refractivity (Wildman–Crippen MR) is 70.9 cm³/mol. The molecule has 21 heavy (non-hydrogen) atoms. The van der Waals surface area contributed by atoms with Crippen LogP contribution in [0.15, 0.2) is 6.07 Å². The van der Waals surface area contributed by atoms with Crippen LogP contribution in [0.2, 0.25) is 0 Å². The largest absolute Gasteiger partial charge is 0.453 e. The van der Waals surface area contributed by atoms with Gasteiger partial charge in [0.05, 0.1) is 0 Å². The first kappa shape index (κ1) is 14.1. The fourth-order valence-electron chi connectivity index (χ4n) is 2.51. The van der Waals surface area contributed by atoms with Crippen molar-refractivity contribution in [2.24, 2.45) is 5.92 Å². The van der Waals surface area contributed by atoms with Gasteiger partial charge in [-0.1, -0.05) is 13.3 Å². The third kappa shape index (κ3) is 2.79. The normalized spacial score (nSPS) is 21.8. The average Bonchev–Trinajstić information content (AvgIpc) is 2.94. The molecule has 2 aromatic rings. The van der Waals surface area contributed by atoms with Crippen molar-refractivity contribution in [3.8, 4) is 0 Å². The maximum atomic E-state index is 12.7. The zero-order chi connectivity index (χ0) is 15.2. The highest BCUT2D eigenvalue weighted by atomic mass is 19.4. The van der Waals surface area contributed by atoms with E-state index < -0.39 is 12.0 Å². The molecule has 0 amide bonds. The van der Waals surface area contributed by atoms with Crippen LogP contribution in [0.5, 0.6) is 0 Å². The van der Waals surface area contributed by atoms with Crippen LogP contribution in [0.25, 0.3) is 5.78 Å². The fraction of sp³-hybridized carbons (Fsp3) is 0.615. The van der Waals surface area contributed by atoms with Gasteiger partial charge >= 0.3 is 6.18 Å². The van der Waals surface area contributed by atoms with Gasteiger partial charge in [0.25, 0.3) is 11.6 Å². The number of anilines is 1. The number of alkyl halides is 3. The second kappa shape index (κ2) is 4.85. The van der Waals surface area contributed by atoms with Crippen LogP contribution < -0.4 is 5.32 Å². The summed E-state index contributed by atoms with van der Waals surface area (Å²) in [5.74, 6) is -0.0877. The van der Waals surface area contributed by atoms with Crippen LogP contribution in [0.1, 0.15) is 37.7 Å². The van der Waals surface area contributed by atoms with Gasteiger partial charge in [0.1, 0.15) is 5.82 Å². The van der Waals surface area contributed by atoms with Crippen molar-refractivity contribution < 1.29 is 13.2 Å². The summed E-state index contributed by atoms with van der Waals surface area (Å²) in [5, 5.41) is 6.78. The smallest absolute Gasteiger partial charge is 0.367 e. The zero-order valence-corrected chi connectivity index (χ0v) is 11.8. The molecule has 1 aliphatic carbocycles. The van der Waals surface area contributed by atoms with Gasteiger partial charge in [0.2, 0.25) is 0 Å². The molecule has 114 valence electrons. The second-order valence-corrected chi connectivity index (χ2v) is 5.46. The lowest BCUT2D eigenvalue weighted by atomic mass is 10.2. The lowest BCUT2D eigenvalue weighted by Crippen LogP contribution is -2.11. The molecular weight excluding hydrogens is 283 g/mol. The summed E-state index contributed by atoms with van der Waals surface area (Å²) in [7, 11) is 0. The quantitative estimate of drug-likeness (QED) is 0.942. The minimum Gasteiger partial charge on any atom is -0.367 e. The summed E-state index contributed by atoms with van der Waals surface area (Å²) in [6.07, 6.45) is -1.30. The monoisotopic (exact) mass is 299 g/mol. The van der Waals surface area contributed by atoms with E-state index in [1.54, 1.807) is 13.0 Å². The molecule has 2 atom stereocenters. The van der Waals surface area contributed by atoms with Crippen LogP contribution >= 0.6 is 0 Å². The molecule has 5 nitrogen and oxygen atoms in total. The van der Waals surface area contributed by atoms with Gasteiger partial charge in [-0.05, 0) is 25.7 Å². The number of halogens is 3. The first-order chi connectivity index (χ1) is 9.88. The Morgan fingerprint density at radius 1 is 1.38 bits per heavy atom. The van der Waals surface area contributed by atoms with Gasteiger partial charge in [0.15, 0.2) is 0 Å². The first-order valence-electron chi connectivity index (χ1n) is 6.96. The van der Waals surface area contributed by atoms with Gasteiger partial charge in [0, 0.05) is 17.8 Å². The number of rotatable bonds is 4. The molecule has 0 aliphatic heterocycles. The minimum atomic E-state index is -4.57. The number of hydrogen-bond acceptors (Lipinski definition) is 4. The molecule has 0 saturated heterocycles. The number of fused-ring (bicyclic) bond motifs is 1. The molecule has 0 radical (unpaired) electrons. The van der Waals surface area contributed by atoms with Crippen LogP contribution in [-0.2, 0) is 6.18 Å². The molecule has 8 heteroatoms. The standard InChI is InChI=1S/C13H16F3N5/c1-3-4-8-6-9(8)18-10-5-7(2)17-12-19-11(13(14,15)16)20-21(10)12/h5,8-9,18H,3-4,6H2,1-2H3. The Hall–Kier alpha value is -1.86. The van der Waals surface area contributed by atoms with Crippen molar-refractivity contribution in [3.63, 3.8) is 0 Å². The van der Waals surface area contributed by atoms with E-state index in [2.05, 4.69) is 27.3 Å². The molecule has 2 unspecified atom stereocenters. The van der Waals surface area contributed by atoms with E-state index in [-0.39, 0.29) is 5.78 Å². The number of nitrogens with one attached hydrogen (secondary N) is 1. The van der Waals surface area contributed by atoms with Gasteiger partial charge < -0.3 is 5.32 Å². The molecule has 0 bridgehead atoms. The van der Waals surface area contributed by atoms with E-state index in [0.29, 0.717) is 23.5 Å². The molecule has 1 fully saturated rings. The number of hydrogen-bond donors (Lipinski definition) is 1. The molecule has 2 heterocycles. The van der Waals surface area contributed by atoms with Crippen molar-refractivity contribution in [2.45, 2.75) is 45.3 Å². The summed E-state index contributed by atoms with van der Waals surface area (Å²) >= 11 is 0. The predicted octanol–water partition coefficient (Wildman–Crippen LogP) is 3.05. The Labute approximate surface area is 119 Å². The van der Waals surface area contributed by atoms with Crippen molar-refractivity contribution >= 4 is 11.6 Å². The molecule has 2 aromatic heterocycles. The molecule has 0 aromatic carbocycles. The van der Waals surface area contributed by atoms with Crippen molar-refractivity contribution in [1.82, 2.24) is 19.6 Å². The van der Waals surface area contributed by atoms with Crippen LogP contribution in [-0.4, -0.2) is 25.6 Å². The van der Waals surface area contributed by atoms with E-state index in [0.717, 1.165) is 23.8 Å². The van der Waals surface area contributed by atoms with Crippen molar-refractivity contribution in [1.29, 1.82) is 0 Å². The molecular formula is C13H16F3N5. The molecule has 1 N–H and O–H groups in total. The van der Waals surface area contributed by atoms with E-state index in [9.17, 15) is 13.2 Å². The van der Waals surface area contributed by atoms with Gasteiger partial charge in [-0.25, -0.2) is 4.98 Å². The number of aromatic nitrogens is 4. The summed E-state index contributed by atoms with van der Waals surface area (Å²) in [4.78, 5) is 7.47. The average molecular weight is 299 g/mol. The van der Waals surface area contributed by atoms with E-state index in [1.165, 1.54) is 0 Å². The Bertz CT molecular complexity index is 664. The van der Waals surface area contributed by atoms with Crippen molar-refractivity contribution in [3.05, 3.63) is 17.6 Å². The zero-order valence-electron chi connectivity index (χ0n) is 11.8. The lowest BCUT2D eigenvalue weighted by Gasteiger charge is -2.08. The van der Waals surface area contributed by atoms with E-state index >= 15 is 0 Å². The molecule has 0 spiro atoms. The summed E-state index contributed by atoms with van der Waals surface area (Å²) in [6, 6.07) is 2.00. The minimum absolute atomic E-state index is 0.0301. The van der Waals surface area contributed by atoms with E-state index in [1.807, 2.05) is 0 Å². The summed E-state index contributed by atoms with van der Waals surface area (Å²) in [5.41, 5.74) is 0.610. The highest BCUT2D eigenvalue weighted by molar-refractivity contribution is 5.47. The Kier molecular flexibility index (Phi) is 3.26. The topological polar surface area (TPSA) is 55.1 Å². The second-order valence-electron chi connectivity index (χ2n) is 5.46. The maximum Gasteiger partial charge on any atom is 0.453 e. The van der Waals surface area contributed by atoms with Gasteiger partial charge in [-0.2, -0.15) is 22.7 Å². The van der Waals surface area contributed by atoms with Crippen LogP contribution in [0.4, 0.5) is 19.0 Å². The fourth-order valence-corrected chi connectivity index (χ4v) is 2.51. The third-order valence-corrected chi connectivity index (χ3v) is 3.61. The summed E-state index contributed by atoms with van der Waals surface area (Å²) in [6.45, 7) is 3.85. The Morgan fingerprint density at radius 2 is 2.14 bits per heavy atom.